The van der Waals surface area contributed by atoms with Crippen molar-refractivity contribution in [3.63, 3.8) is 0 Å². The molecule has 0 unspecified atom stereocenters. The van der Waals surface area contributed by atoms with Gasteiger partial charge in [-0.3, -0.25) is 4.79 Å². The van der Waals surface area contributed by atoms with Crippen molar-refractivity contribution in [1.82, 2.24) is 4.72 Å². The Morgan fingerprint density at radius 2 is 1.47 bits per heavy atom. The summed E-state index contributed by atoms with van der Waals surface area (Å²) in [6.45, 7) is 5.88. The summed E-state index contributed by atoms with van der Waals surface area (Å²) in [7, 11) is -4.24. The number of carbonyl (C=O) groups is 1. The van der Waals surface area contributed by atoms with E-state index < -0.39 is 32.7 Å². The van der Waals surface area contributed by atoms with Crippen molar-refractivity contribution in [1.29, 1.82) is 0 Å². The molecule has 0 heterocycles. The number of benzene rings is 3. The highest BCUT2D eigenvalue weighted by molar-refractivity contribution is 7.89. The summed E-state index contributed by atoms with van der Waals surface area (Å²) < 4.78 is 52.8. The summed E-state index contributed by atoms with van der Waals surface area (Å²) in [5, 5.41) is 2.69. The van der Waals surface area contributed by atoms with Crippen LogP contribution in [0, 0.1) is 11.7 Å². The van der Waals surface area contributed by atoms with Crippen molar-refractivity contribution in [2.24, 2.45) is 5.92 Å². The zero-order valence-electron chi connectivity index (χ0n) is 19.1. The largest absolute Gasteiger partial charge is 0.494 e. The number of anilines is 1. The molecule has 0 saturated carbocycles. The molecule has 0 fully saturated rings. The molecule has 9 heteroatoms. The van der Waals surface area contributed by atoms with Crippen LogP contribution in [0.5, 0.6) is 17.2 Å². The Morgan fingerprint density at radius 1 is 0.912 bits per heavy atom. The van der Waals surface area contributed by atoms with Crippen molar-refractivity contribution in [2.45, 2.75) is 31.7 Å². The lowest BCUT2D eigenvalue weighted by atomic mass is 10.0. The molecule has 7 nitrogen and oxygen atoms in total. The minimum absolute atomic E-state index is 0.385. The third kappa shape index (κ3) is 6.55. The number of amides is 1. The molecule has 3 aromatic rings. The van der Waals surface area contributed by atoms with E-state index in [-0.39, 0.29) is 5.92 Å². The van der Waals surface area contributed by atoms with Crippen LogP contribution >= 0.6 is 0 Å². The number of rotatable bonds is 10. The summed E-state index contributed by atoms with van der Waals surface area (Å²) in [6, 6.07) is 17.7. The van der Waals surface area contributed by atoms with E-state index in [0.29, 0.717) is 23.8 Å². The Bertz CT molecular complexity index is 1210. The zero-order chi connectivity index (χ0) is 24.7. The lowest BCUT2D eigenvalue weighted by Gasteiger charge is -2.22. The molecule has 0 spiro atoms. The third-order valence-electron chi connectivity index (χ3n) is 4.85. The minimum Gasteiger partial charge on any atom is -0.494 e. The number of hydrogen-bond acceptors (Lipinski definition) is 5. The van der Waals surface area contributed by atoms with Gasteiger partial charge in [-0.2, -0.15) is 4.72 Å². The molecule has 0 saturated heterocycles. The Kier molecular flexibility index (Phi) is 8.25. The first-order valence-electron chi connectivity index (χ1n) is 10.8. The molecule has 34 heavy (non-hydrogen) atoms. The van der Waals surface area contributed by atoms with Gasteiger partial charge >= 0.3 is 0 Å². The number of sulfonamides is 1. The van der Waals surface area contributed by atoms with Gasteiger partial charge in [0.05, 0.1) is 6.61 Å². The van der Waals surface area contributed by atoms with Crippen molar-refractivity contribution in [2.75, 3.05) is 11.9 Å². The Morgan fingerprint density at radius 3 is 2.03 bits per heavy atom. The SMILES string of the molecule is CCOc1ccc(Oc2ccc(NC(=O)[C@@H](NS(=O)(=O)c3ccccc3F)C(C)C)cc2)cc1. The maximum Gasteiger partial charge on any atom is 0.244 e. The van der Waals surface area contributed by atoms with Gasteiger partial charge in [-0.1, -0.05) is 26.0 Å². The third-order valence-corrected chi connectivity index (χ3v) is 6.32. The number of halogens is 1. The molecule has 0 aliphatic heterocycles. The second-order valence-corrected chi connectivity index (χ2v) is 9.48. The van der Waals surface area contributed by atoms with Crippen LogP contribution in [0.2, 0.25) is 0 Å². The van der Waals surface area contributed by atoms with Crippen molar-refractivity contribution < 1.29 is 27.1 Å². The van der Waals surface area contributed by atoms with Crippen LogP contribution in [0.25, 0.3) is 0 Å². The van der Waals surface area contributed by atoms with Crippen LogP contribution in [-0.4, -0.2) is 27.0 Å². The molecule has 0 aliphatic rings. The maximum absolute atomic E-state index is 14.0. The normalized spacial score (nSPS) is 12.3. The summed E-state index contributed by atoms with van der Waals surface area (Å²) in [5.41, 5.74) is 0.458. The Hall–Kier alpha value is -3.43. The topological polar surface area (TPSA) is 93.7 Å². The monoisotopic (exact) mass is 486 g/mol. The Labute approximate surface area is 199 Å². The first kappa shape index (κ1) is 25.2. The lowest BCUT2D eigenvalue weighted by molar-refractivity contribution is -0.118. The van der Waals surface area contributed by atoms with E-state index in [1.54, 1.807) is 50.2 Å². The van der Waals surface area contributed by atoms with Crippen LogP contribution in [-0.2, 0) is 14.8 Å². The molecule has 0 aliphatic carbocycles. The highest BCUT2D eigenvalue weighted by Crippen LogP contribution is 2.25. The average Bonchev–Trinajstić information content (AvgIpc) is 2.80. The number of nitrogens with one attached hydrogen (secondary N) is 2. The van der Waals surface area contributed by atoms with Gasteiger partial charge in [0.25, 0.3) is 0 Å². The van der Waals surface area contributed by atoms with E-state index in [2.05, 4.69) is 10.0 Å². The summed E-state index contributed by atoms with van der Waals surface area (Å²) in [4.78, 5) is 12.3. The molecule has 1 atom stereocenters. The van der Waals surface area contributed by atoms with E-state index in [1.165, 1.54) is 12.1 Å². The summed E-state index contributed by atoms with van der Waals surface area (Å²) >= 11 is 0. The van der Waals surface area contributed by atoms with E-state index in [0.717, 1.165) is 17.9 Å². The molecule has 180 valence electrons. The lowest BCUT2D eigenvalue weighted by Crippen LogP contribution is -2.47. The molecule has 0 aromatic heterocycles. The smallest absolute Gasteiger partial charge is 0.244 e. The predicted molar refractivity (Wildman–Crippen MR) is 128 cm³/mol. The van der Waals surface area contributed by atoms with E-state index in [1.807, 2.05) is 19.1 Å². The van der Waals surface area contributed by atoms with Crippen LogP contribution < -0.4 is 19.5 Å². The van der Waals surface area contributed by atoms with Crippen LogP contribution in [0.15, 0.2) is 77.7 Å². The fourth-order valence-corrected chi connectivity index (χ4v) is 4.54. The van der Waals surface area contributed by atoms with Gasteiger partial charge in [0.15, 0.2) is 0 Å². The first-order valence-corrected chi connectivity index (χ1v) is 12.3. The van der Waals surface area contributed by atoms with Gasteiger partial charge in [0, 0.05) is 5.69 Å². The number of ether oxygens (including phenoxy) is 2. The zero-order valence-corrected chi connectivity index (χ0v) is 19.9. The van der Waals surface area contributed by atoms with E-state index in [4.69, 9.17) is 9.47 Å². The molecule has 3 aromatic carbocycles. The predicted octanol–water partition coefficient (Wildman–Crippen LogP) is 4.96. The number of carbonyl (C=O) groups excluding carboxylic acids is 1. The molecule has 1 amide bonds. The van der Waals surface area contributed by atoms with Crippen molar-refractivity contribution >= 4 is 21.6 Å². The second kappa shape index (κ2) is 11.1. The van der Waals surface area contributed by atoms with Crippen LogP contribution in [0.3, 0.4) is 0 Å². The quantitative estimate of drug-likeness (QED) is 0.423. The molecule has 2 N–H and O–H groups in total. The van der Waals surface area contributed by atoms with Gasteiger partial charge in [0.2, 0.25) is 15.9 Å². The van der Waals surface area contributed by atoms with E-state index in [9.17, 15) is 17.6 Å². The summed E-state index contributed by atoms with van der Waals surface area (Å²) in [6.07, 6.45) is 0. The maximum atomic E-state index is 14.0. The van der Waals surface area contributed by atoms with E-state index >= 15 is 0 Å². The fourth-order valence-electron chi connectivity index (χ4n) is 3.12. The molecule has 0 bridgehead atoms. The molecule has 3 rings (SSSR count). The van der Waals surface area contributed by atoms with Gasteiger partial charge in [-0.05, 0) is 73.5 Å². The average molecular weight is 487 g/mol. The number of hydrogen-bond donors (Lipinski definition) is 2. The molecule has 0 radical (unpaired) electrons. The van der Waals surface area contributed by atoms with Gasteiger partial charge < -0.3 is 14.8 Å². The Balaban J connectivity index is 1.66. The fraction of sp³-hybridized carbons (Fsp3) is 0.240. The van der Waals surface area contributed by atoms with Gasteiger partial charge in [-0.25, -0.2) is 12.8 Å². The standard InChI is InChI=1S/C25H27FN2O5S/c1-4-32-19-13-15-21(16-14-19)33-20-11-9-18(10-12-20)27-25(29)24(17(2)3)28-34(30,31)23-8-6-5-7-22(23)26/h5-17,24,28H,4H2,1-3H3,(H,27,29)/t24-/m0/s1. The minimum atomic E-state index is -4.24. The van der Waals surface area contributed by atoms with Crippen LogP contribution in [0.1, 0.15) is 20.8 Å². The van der Waals surface area contributed by atoms with Gasteiger partial charge in [-0.15, -0.1) is 0 Å². The molecular formula is C25H27FN2O5S. The first-order chi connectivity index (χ1) is 16.2. The van der Waals surface area contributed by atoms with Gasteiger partial charge in [0.1, 0.15) is 34.0 Å². The highest BCUT2D eigenvalue weighted by atomic mass is 32.2. The molecular weight excluding hydrogens is 459 g/mol. The van der Waals surface area contributed by atoms with Crippen molar-refractivity contribution in [3.8, 4) is 17.2 Å². The van der Waals surface area contributed by atoms with Crippen LogP contribution in [0.4, 0.5) is 10.1 Å². The highest BCUT2D eigenvalue weighted by Gasteiger charge is 2.29. The summed E-state index contributed by atoms with van der Waals surface area (Å²) in [5.74, 6) is 0.101. The second-order valence-electron chi connectivity index (χ2n) is 7.79. The van der Waals surface area contributed by atoms with Crippen molar-refractivity contribution in [3.05, 3.63) is 78.6 Å².